The second kappa shape index (κ2) is 8.60. The summed E-state index contributed by atoms with van der Waals surface area (Å²) in [4.78, 5) is 10.7. The highest BCUT2D eigenvalue weighted by molar-refractivity contribution is 5.73. The third kappa shape index (κ3) is 6.14. The van der Waals surface area contributed by atoms with Gasteiger partial charge in [0.2, 0.25) is 5.91 Å². The highest BCUT2D eigenvalue weighted by Gasteiger charge is 2.24. The molecule has 0 rings (SSSR count). The molecule has 0 aromatic carbocycles. The van der Waals surface area contributed by atoms with E-state index in [2.05, 4.69) is 20.8 Å². The summed E-state index contributed by atoms with van der Waals surface area (Å²) in [6.45, 7) is 6.80. The van der Waals surface area contributed by atoms with E-state index < -0.39 is 0 Å². The molecule has 0 fully saturated rings. The van der Waals surface area contributed by atoms with Crippen molar-refractivity contribution in [1.29, 1.82) is 0 Å². The monoisotopic (exact) mass is 227 g/mol. The predicted octanol–water partition coefficient (Wildman–Crippen LogP) is 4.03. The summed E-state index contributed by atoms with van der Waals surface area (Å²) >= 11 is 0. The first-order valence-corrected chi connectivity index (χ1v) is 6.88. The Balaban J connectivity index is 4.04. The molecule has 0 aliphatic heterocycles. The third-order valence-electron chi connectivity index (χ3n) is 3.94. The van der Waals surface area contributed by atoms with Crippen molar-refractivity contribution >= 4 is 5.91 Å². The van der Waals surface area contributed by atoms with Gasteiger partial charge in [0.1, 0.15) is 0 Å². The van der Waals surface area contributed by atoms with E-state index in [1.165, 1.54) is 38.5 Å². The SMILES string of the molecule is CCCCCC(CC)(CC)CCCC(N)=O. The van der Waals surface area contributed by atoms with Gasteiger partial charge in [0.05, 0.1) is 0 Å². The van der Waals surface area contributed by atoms with Gasteiger partial charge >= 0.3 is 0 Å². The van der Waals surface area contributed by atoms with Gasteiger partial charge in [-0.05, 0) is 24.7 Å². The Hall–Kier alpha value is -0.530. The normalized spacial score (nSPS) is 11.7. The topological polar surface area (TPSA) is 43.1 Å². The minimum atomic E-state index is -0.158. The third-order valence-corrected chi connectivity index (χ3v) is 3.94. The van der Waals surface area contributed by atoms with Gasteiger partial charge in [-0.2, -0.15) is 0 Å². The lowest BCUT2D eigenvalue weighted by molar-refractivity contribution is -0.118. The Morgan fingerprint density at radius 2 is 1.56 bits per heavy atom. The highest BCUT2D eigenvalue weighted by atomic mass is 16.1. The van der Waals surface area contributed by atoms with Crippen LogP contribution in [0, 0.1) is 5.41 Å². The summed E-state index contributed by atoms with van der Waals surface area (Å²) in [5.41, 5.74) is 5.65. The molecule has 16 heavy (non-hydrogen) atoms. The molecule has 2 N–H and O–H groups in total. The molecule has 0 heterocycles. The van der Waals surface area contributed by atoms with Crippen molar-refractivity contribution in [1.82, 2.24) is 0 Å². The van der Waals surface area contributed by atoms with Crippen molar-refractivity contribution in [2.24, 2.45) is 11.1 Å². The van der Waals surface area contributed by atoms with Crippen LogP contribution in [0.15, 0.2) is 0 Å². The quantitative estimate of drug-likeness (QED) is 0.563. The van der Waals surface area contributed by atoms with Crippen molar-refractivity contribution < 1.29 is 4.79 Å². The number of primary amides is 1. The second-order valence-corrected chi connectivity index (χ2v) is 4.98. The molecular weight excluding hydrogens is 198 g/mol. The van der Waals surface area contributed by atoms with Gasteiger partial charge in [-0.3, -0.25) is 4.79 Å². The molecule has 0 saturated heterocycles. The van der Waals surface area contributed by atoms with Crippen LogP contribution in [0.4, 0.5) is 0 Å². The summed E-state index contributed by atoms with van der Waals surface area (Å²) < 4.78 is 0. The molecule has 0 radical (unpaired) electrons. The smallest absolute Gasteiger partial charge is 0.217 e. The maximum Gasteiger partial charge on any atom is 0.217 e. The highest BCUT2D eigenvalue weighted by Crippen LogP contribution is 2.37. The number of unbranched alkanes of at least 4 members (excludes halogenated alkanes) is 2. The van der Waals surface area contributed by atoms with Gasteiger partial charge in [0.15, 0.2) is 0 Å². The summed E-state index contributed by atoms with van der Waals surface area (Å²) in [5, 5.41) is 0. The Kier molecular flexibility index (Phi) is 8.32. The van der Waals surface area contributed by atoms with Crippen LogP contribution in [0.3, 0.4) is 0 Å². The molecule has 0 aromatic heterocycles. The van der Waals surface area contributed by atoms with Crippen molar-refractivity contribution in [2.45, 2.75) is 78.6 Å². The Morgan fingerprint density at radius 3 is 2.00 bits per heavy atom. The Bertz CT molecular complexity index is 185. The first kappa shape index (κ1) is 15.5. The average molecular weight is 227 g/mol. The molecule has 0 bridgehead atoms. The molecule has 0 saturated carbocycles. The maximum absolute atomic E-state index is 10.7. The van der Waals surface area contributed by atoms with Crippen LogP contribution in [0.2, 0.25) is 0 Å². The van der Waals surface area contributed by atoms with Gasteiger partial charge in [-0.15, -0.1) is 0 Å². The van der Waals surface area contributed by atoms with Crippen LogP contribution in [0.5, 0.6) is 0 Å². The van der Waals surface area contributed by atoms with Crippen LogP contribution in [-0.2, 0) is 4.79 Å². The van der Waals surface area contributed by atoms with Gasteiger partial charge in [-0.1, -0.05) is 52.9 Å². The molecular formula is C14H29NO. The zero-order valence-corrected chi connectivity index (χ0v) is 11.3. The summed E-state index contributed by atoms with van der Waals surface area (Å²) in [7, 11) is 0. The fourth-order valence-corrected chi connectivity index (χ4v) is 2.47. The zero-order valence-electron chi connectivity index (χ0n) is 11.3. The van der Waals surface area contributed by atoms with E-state index in [9.17, 15) is 4.79 Å². The number of rotatable bonds is 10. The van der Waals surface area contributed by atoms with E-state index in [0.29, 0.717) is 11.8 Å². The van der Waals surface area contributed by atoms with Gasteiger partial charge in [-0.25, -0.2) is 0 Å². The average Bonchev–Trinajstić information content (AvgIpc) is 2.27. The molecule has 0 atom stereocenters. The fraction of sp³-hybridized carbons (Fsp3) is 0.929. The van der Waals surface area contributed by atoms with Crippen LogP contribution >= 0.6 is 0 Å². The lowest BCUT2D eigenvalue weighted by Crippen LogP contribution is -2.20. The molecule has 2 heteroatoms. The van der Waals surface area contributed by atoms with Crippen LogP contribution in [0.1, 0.15) is 78.6 Å². The van der Waals surface area contributed by atoms with Crippen molar-refractivity contribution in [3.8, 4) is 0 Å². The largest absolute Gasteiger partial charge is 0.370 e. The molecule has 2 nitrogen and oxygen atoms in total. The maximum atomic E-state index is 10.7. The summed E-state index contributed by atoms with van der Waals surface area (Å²) in [6, 6.07) is 0. The number of carbonyl (C=O) groups excluding carboxylic acids is 1. The number of carbonyl (C=O) groups is 1. The molecule has 96 valence electrons. The van der Waals surface area contributed by atoms with E-state index in [-0.39, 0.29) is 5.91 Å². The summed E-state index contributed by atoms with van der Waals surface area (Å²) in [6.07, 6.45) is 10.4. The Labute approximate surface area is 101 Å². The van der Waals surface area contributed by atoms with Gasteiger partial charge in [0.25, 0.3) is 0 Å². The molecule has 0 aliphatic carbocycles. The predicted molar refractivity (Wildman–Crippen MR) is 70.2 cm³/mol. The standard InChI is InChI=1S/C14H29NO/c1-4-7-8-11-14(5-2,6-3)12-9-10-13(15)16/h4-12H2,1-3H3,(H2,15,16). The molecule has 0 aromatic rings. The van der Waals surface area contributed by atoms with E-state index in [1.807, 2.05) is 0 Å². The van der Waals surface area contributed by atoms with E-state index >= 15 is 0 Å². The van der Waals surface area contributed by atoms with Crippen LogP contribution in [-0.4, -0.2) is 5.91 Å². The second-order valence-electron chi connectivity index (χ2n) is 4.98. The molecule has 1 amide bonds. The van der Waals surface area contributed by atoms with Crippen molar-refractivity contribution in [3.63, 3.8) is 0 Å². The van der Waals surface area contributed by atoms with E-state index in [1.54, 1.807) is 0 Å². The molecule has 0 aliphatic rings. The molecule has 0 spiro atoms. The van der Waals surface area contributed by atoms with Crippen molar-refractivity contribution in [3.05, 3.63) is 0 Å². The lowest BCUT2D eigenvalue weighted by atomic mass is 9.74. The van der Waals surface area contributed by atoms with Crippen molar-refractivity contribution in [2.75, 3.05) is 0 Å². The van der Waals surface area contributed by atoms with Crippen LogP contribution < -0.4 is 5.73 Å². The minimum absolute atomic E-state index is 0.158. The van der Waals surface area contributed by atoms with E-state index in [0.717, 1.165) is 12.8 Å². The Morgan fingerprint density at radius 1 is 1.00 bits per heavy atom. The summed E-state index contributed by atoms with van der Waals surface area (Å²) in [5.74, 6) is -0.158. The first-order chi connectivity index (χ1) is 7.60. The van der Waals surface area contributed by atoms with Gasteiger partial charge in [0, 0.05) is 6.42 Å². The minimum Gasteiger partial charge on any atom is -0.370 e. The lowest BCUT2D eigenvalue weighted by Gasteiger charge is -2.32. The fourth-order valence-electron chi connectivity index (χ4n) is 2.47. The van der Waals surface area contributed by atoms with E-state index in [4.69, 9.17) is 5.73 Å². The van der Waals surface area contributed by atoms with Gasteiger partial charge < -0.3 is 5.73 Å². The number of hydrogen-bond acceptors (Lipinski definition) is 1. The molecule has 0 unspecified atom stereocenters. The first-order valence-electron chi connectivity index (χ1n) is 6.88. The number of hydrogen-bond donors (Lipinski definition) is 1. The zero-order chi connectivity index (χ0) is 12.4. The number of nitrogens with two attached hydrogens (primary N) is 1. The van der Waals surface area contributed by atoms with Crippen LogP contribution in [0.25, 0.3) is 0 Å². The number of amides is 1.